The van der Waals surface area contributed by atoms with Gasteiger partial charge in [0.1, 0.15) is 6.04 Å². The lowest BCUT2D eigenvalue weighted by Crippen LogP contribution is -2.38. The number of carbonyl (C=O) groups is 1. The SMILES string of the molecule is O=C(O)C(Cc1ccc(Cl)cc1)NCc1ccc(Cl)cc1. The molecule has 2 rings (SSSR count). The molecule has 2 N–H and O–H groups in total. The lowest BCUT2D eigenvalue weighted by molar-refractivity contribution is -0.139. The second-order valence-electron chi connectivity index (χ2n) is 4.73. The van der Waals surface area contributed by atoms with E-state index >= 15 is 0 Å². The maximum Gasteiger partial charge on any atom is 0.321 e. The monoisotopic (exact) mass is 323 g/mol. The number of carboxylic acids is 1. The Morgan fingerprint density at radius 3 is 1.90 bits per heavy atom. The zero-order valence-corrected chi connectivity index (χ0v) is 12.7. The maximum absolute atomic E-state index is 11.3. The van der Waals surface area contributed by atoms with Gasteiger partial charge in [-0.2, -0.15) is 0 Å². The predicted molar refractivity (Wildman–Crippen MR) is 84.9 cm³/mol. The molecule has 0 fully saturated rings. The van der Waals surface area contributed by atoms with Crippen LogP contribution in [0.4, 0.5) is 0 Å². The van der Waals surface area contributed by atoms with Gasteiger partial charge in [0.2, 0.25) is 0 Å². The summed E-state index contributed by atoms with van der Waals surface area (Å²) in [6.45, 7) is 0.474. The van der Waals surface area contributed by atoms with Crippen molar-refractivity contribution >= 4 is 29.2 Å². The first-order valence-corrected chi connectivity index (χ1v) is 7.25. The van der Waals surface area contributed by atoms with Crippen LogP contribution in [0, 0.1) is 0 Å². The quantitative estimate of drug-likeness (QED) is 0.850. The summed E-state index contributed by atoms with van der Waals surface area (Å²) in [4.78, 5) is 11.3. The average Bonchev–Trinajstić information content (AvgIpc) is 2.47. The molecule has 0 aromatic heterocycles. The van der Waals surface area contributed by atoms with Crippen molar-refractivity contribution in [2.75, 3.05) is 0 Å². The van der Waals surface area contributed by atoms with Crippen LogP contribution in [0.5, 0.6) is 0 Å². The lowest BCUT2D eigenvalue weighted by atomic mass is 10.1. The van der Waals surface area contributed by atoms with Crippen LogP contribution < -0.4 is 5.32 Å². The topological polar surface area (TPSA) is 49.3 Å². The number of aliphatic carboxylic acids is 1. The van der Waals surface area contributed by atoms with Gasteiger partial charge in [-0.15, -0.1) is 0 Å². The van der Waals surface area contributed by atoms with Gasteiger partial charge < -0.3 is 10.4 Å². The number of nitrogens with one attached hydrogen (secondary N) is 1. The van der Waals surface area contributed by atoms with E-state index in [1.54, 1.807) is 24.3 Å². The highest BCUT2D eigenvalue weighted by Crippen LogP contribution is 2.12. The normalized spacial score (nSPS) is 12.1. The maximum atomic E-state index is 11.3. The smallest absolute Gasteiger partial charge is 0.321 e. The number of carboxylic acid groups (broad SMARTS) is 1. The molecule has 2 aromatic rings. The lowest BCUT2D eigenvalue weighted by Gasteiger charge is -2.14. The van der Waals surface area contributed by atoms with Crippen molar-refractivity contribution in [3.05, 3.63) is 69.7 Å². The minimum Gasteiger partial charge on any atom is -0.480 e. The highest BCUT2D eigenvalue weighted by molar-refractivity contribution is 6.30. The highest BCUT2D eigenvalue weighted by atomic mass is 35.5. The van der Waals surface area contributed by atoms with Crippen LogP contribution >= 0.6 is 23.2 Å². The van der Waals surface area contributed by atoms with Gasteiger partial charge in [-0.25, -0.2) is 0 Å². The van der Waals surface area contributed by atoms with E-state index in [-0.39, 0.29) is 0 Å². The van der Waals surface area contributed by atoms with Gasteiger partial charge >= 0.3 is 5.97 Å². The fourth-order valence-electron chi connectivity index (χ4n) is 1.95. The van der Waals surface area contributed by atoms with E-state index in [0.717, 1.165) is 11.1 Å². The Hall–Kier alpha value is -1.55. The van der Waals surface area contributed by atoms with Gasteiger partial charge in [-0.1, -0.05) is 47.5 Å². The standard InChI is InChI=1S/C16H15Cl2NO2/c17-13-5-1-11(2-6-13)9-15(16(20)21)19-10-12-3-7-14(18)8-4-12/h1-8,15,19H,9-10H2,(H,20,21). The molecule has 21 heavy (non-hydrogen) atoms. The van der Waals surface area contributed by atoms with Gasteiger partial charge in [-0.05, 0) is 41.8 Å². The van der Waals surface area contributed by atoms with Gasteiger partial charge in [0, 0.05) is 16.6 Å². The third-order valence-corrected chi connectivity index (χ3v) is 3.62. The van der Waals surface area contributed by atoms with Crippen LogP contribution in [0.1, 0.15) is 11.1 Å². The molecule has 0 heterocycles. The van der Waals surface area contributed by atoms with E-state index in [1.165, 1.54) is 0 Å². The number of halogens is 2. The van der Waals surface area contributed by atoms with Crippen LogP contribution in [0.2, 0.25) is 10.0 Å². The molecule has 0 aliphatic rings. The third-order valence-electron chi connectivity index (χ3n) is 3.12. The van der Waals surface area contributed by atoms with Crippen molar-refractivity contribution in [2.24, 2.45) is 0 Å². The van der Waals surface area contributed by atoms with E-state index in [0.29, 0.717) is 23.0 Å². The molecule has 0 saturated carbocycles. The number of hydrogen-bond donors (Lipinski definition) is 2. The second-order valence-corrected chi connectivity index (χ2v) is 5.60. The van der Waals surface area contributed by atoms with E-state index in [4.69, 9.17) is 23.2 Å². The third kappa shape index (κ3) is 5.05. The molecule has 3 nitrogen and oxygen atoms in total. The van der Waals surface area contributed by atoms with E-state index in [1.807, 2.05) is 24.3 Å². The summed E-state index contributed by atoms with van der Waals surface area (Å²) in [6, 6.07) is 13.9. The van der Waals surface area contributed by atoms with Crippen molar-refractivity contribution in [3.63, 3.8) is 0 Å². The van der Waals surface area contributed by atoms with Gasteiger partial charge in [0.25, 0.3) is 0 Å². The minimum atomic E-state index is -0.876. The molecule has 0 spiro atoms. The molecule has 0 bridgehead atoms. The Morgan fingerprint density at radius 2 is 1.43 bits per heavy atom. The summed E-state index contributed by atoms with van der Waals surface area (Å²) in [5.41, 5.74) is 1.91. The van der Waals surface area contributed by atoms with E-state index < -0.39 is 12.0 Å². The molecule has 0 saturated heterocycles. The molecular weight excluding hydrogens is 309 g/mol. The Morgan fingerprint density at radius 1 is 0.952 bits per heavy atom. The summed E-state index contributed by atoms with van der Waals surface area (Å²) in [5, 5.41) is 13.6. The molecule has 0 aliphatic heterocycles. The summed E-state index contributed by atoms with van der Waals surface area (Å²) in [6.07, 6.45) is 0.403. The number of hydrogen-bond acceptors (Lipinski definition) is 2. The molecule has 1 atom stereocenters. The number of benzene rings is 2. The largest absolute Gasteiger partial charge is 0.480 e. The van der Waals surface area contributed by atoms with Crippen molar-refractivity contribution < 1.29 is 9.90 Å². The van der Waals surface area contributed by atoms with E-state index in [9.17, 15) is 9.90 Å². The van der Waals surface area contributed by atoms with Crippen molar-refractivity contribution in [2.45, 2.75) is 19.0 Å². The molecule has 5 heteroatoms. The molecule has 1 unspecified atom stereocenters. The Bertz CT molecular complexity index is 597. The summed E-state index contributed by atoms with van der Waals surface area (Å²) in [5.74, 6) is -0.876. The Labute approximate surface area is 133 Å². The first-order valence-electron chi connectivity index (χ1n) is 6.49. The fourth-order valence-corrected chi connectivity index (χ4v) is 2.20. The summed E-state index contributed by atoms with van der Waals surface area (Å²) in [7, 11) is 0. The summed E-state index contributed by atoms with van der Waals surface area (Å²) < 4.78 is 0. The van der Waals surface area contributed by atoms with Crippen LogP contribution in [-0.4, -0.2) is 17.1 Å². The van der Waals surface area contributed by atoms with Gasteiger partial charge in [0.15, 0.2) is 0 Å². The van der Waals surface area contributed by atoms with Crippen LogP contribution in [0.3, 0.4) is 0 Å². The summed E-state index contributed by atoms with van der Waals surface area (Å²) >= 11 is 11.6. The molecule has 2 aromatic carbocycles. The highest BCUT2D eigenvalue weighted by Gasteiger charge is 2.17. The average molecular weight is 324 g/mol. The van der Waals surface area contributed by atoms with E-state index in [2.05, 4.69) is 5.32 Å². The van der Waals surface area contributed by atoms with Crippen molar-refractivity contribution in [1.82, 2.24) is 5.32 Å². The molecule has 110 valence electrons. The van der Waals surface area contributed by atoms with Gasteiger partial charge in [-0.3, -0.25) is 4.79 Å². The Balaban J connectivity index is 1.97. The number of rotatable bonds is 6. The van der Waals surface area contributed by atoms with Gasteiger partial charge in [0.05, 0.1) is 0 Å². The fraction of sp³-hybridized carbons (Fsp3) is 0.188. The molecule has 0 radical (unpaired) electrons. The zero-order valence-electron chi connectivity index (χ0n) is 11.2. The molecule has 0 aliphatic carbocycles. The predicted octanol–water partition coefficient (Wildman–Crippen LogP) is 3.78. The van der Waals surface area contributed by atoms with Crippen LogP contribution in [-0.2, 0) is 17.8 Å². The minimum absolute atomic E-state index is 0.403. The van der Waals surface area contributed by atoms with Crippen molar-refractivity contribution in [3.8, 4) is 0 Å². The first-order chi connectivity index (χ1) is 10.0. The van der Waals surface area contributed by atoms with Crippen LogP contribution in [0.25, 0.3) is 0 Å². The van der Waals surface area contributed by atoms with Crippen LogP contribution in [0.15, 0.2) is 48.5 Å². The Kier molecular flexibility index (Phi) is 5.62. The van der Waals surface area contributed by atoms with Crippen molar-refractivity contribution in [1.29, 1.82) is 0 Å². The molecule has 0 amide bonds. The molecular formula is C16H15Cl2NO2. The zero-order chi connectivity index (χ0) is 15.2. The second kappa shape index (κ2) is 7.46. The first kappa shape index (κ1) is 15.8.